The number of phenols is 1. The second-order valence-corrected chi connectivity index (χ2v) is 4.98. The van der Waals surface area contributed by atoms with Gasteiger partial charge in [-0.3, -0.25) is 10.1 Å². The molecule has 0 aliphatic carbocycles. The summed E-state index contributed by atoms with van der Waals surface area (Å²) >= 11 is 3.20. The normalized spacial score (nSPS) is 11.0. The Labute approximate surface area is 128 Å². The molecule has 0 amide bonds. The number of methoxy groups -OCH3 is 1. The zero-order valence-electron chi connectivity index (χ0n) is 11.2. The fourth-order valence-electron chi connectivity index (χ4n) is 1.73. The lowest BCUT2D eigenvalue weighted by molar-refractivity contribution is -0.386. The van der Waals surface area contributed by atoms with E-state index in [0.29, 0.717) is 10.0 Å². The monoisotopic (exact) mass is 354 g/mol. The van der Waals surface area contributed by atoms with E-state index in [9.17, 15) is 15.2 Å². The summed E-state index contributed by atoms with van der Waals surface area (Å²) in [5.41, 5.74) is 0.708. The smallest absolute Gasteiger partial charge is 0.338 e. The minimum Gasteiger partial charge on any atom is -0.503 e. The molecule has 0 unspecified atom stereocenters. The molecule has 0 aliphatic heterocycles. The Morgan fingerprint density at radius 1 is 1.48 bits per heavy atom. The van der Waals surface area contributed by atoms with Crippen LogP contribution in [0.4, 0.5) is 5.69 Å². The molecule has 0 saturated carbocycles. The standard InChI is InChI=1S/C13H11BrN2O5/c1-7-12(16(18)19)10(21-15-7)4-3-8-5-9(14)13(17)11(6-8)20-2/h3-6,17H,1-2H3. The molecule has 0 bridgehead atoms. The number of nitro groups is 1. The number of benzene rings is 1. The van der Waals surface area contributed by atoms with E-state index in [1.165, 1.54) is 20.1 Å². The first kappa shape index (κ1) is 15.0. The third kappa shape index (κ3) is 3.05. The fraction of sp³-hybridized carbons (Fsp3) is 0.154. The van der Waals surface area contributed by atoms with Gasteiger partial charge in [-0.2, -0.15) is 0 Å². The van der Waals surface area contributed by atoms with E-state index in [1.807, 2.05) is 0 Å². The van der Waals surface area contributed by atoms with Crippen molar-refractivity contribution < 1.29 is 19.3 Å². The third-order valence-corrected chi connectivity index (χ3v) is 3.34. The third-order valence-electron chi connectivity index (χ3n) is 2.74. The number of halogens is 1. The highest BCUT2D eigenvalue weighted by Gasteiger charge is 2.21. The lowest BCUT2D eigenvalue weighted by atomic mass is 10.1. The van der Waals surface area contributed by atoms with Crippen LogP contribution in [0.1, 0.15) is 17.0 Å². The Kier molecular flexibility index (Phi) is 4.27. The van der Waals surface area contributed by atoms with Crippen LogP contribution in [0.25, 0.3) is 12.2 Å². The number of aryl methyl sites for hydroxylation is 1. The summed E-state index contributed by atoms with van der Waals surface area (Å²) in [4.78, 5) is 10.4. The van der Waals surface area contributed by atoms with Crippen molar-refractivity contribution >= 4 is 33.8 Å². The van der Waals surface area contributed by atoms with Gasteiger partial charge >= 0.3 is 5.69 Å². The maximum absolute atomic E-state index is 10.9. The number of rotatable bonds is 4. The number of ether oxygens (including phenoxy) is 1. The van der Waals surface area contributed by atoms with Crippen LogP contribution in [-0.4, -0.2) is 22.3 Å². The van der Waals surface area contributed by atoms with Crippen molar-refractivity contribution in [3.05, 3.63) is 43.7 Å². The first-order valence-corrected chi connectivity index (χ1v) is 6.58. The highest BCUT2D eigenvalue weighted by Crippen LogP contribution is 2.36. The van der Waals surface area contributed by atoms with Gasteiger partial charge in [0.2, 0.25) is 5.76 Å². The number of aromatic nitrogens is 1. The van der Waals surface area contributed by atoms with Gasteiger partial charge in [0.15, 0.2) is 17.2 Å². The maximum atomic E-state index is 10.9. The van der Waals surface area contributed by atoms with Crippen LogP contribution in [0.5, 0.6) is 11.5 Å². The van der Waals surface area contributed by atoms with Gasteiger partial charge in [-0.15, -0.1) is 0 Å². The molecule has 0 spiro atoms. The van der Waals surface area contributed by atoms with Gasteiger partial charge in [-0.05, 0) is 46.6 Å². The Bertz CT molecular complexity index is 724. The van der Waals surface area contributed by atoms with Crippen molar-refractivity contribution in [3.8, 4) is 11.5 Å². The summed E-state index contributed by atoms with van der Waals surface area (Å²) in [6, 6.07) is 3.23. The molecule has 21 heavy (non-hydrogen) atoms. The van der Waals surface area contributed by atoms with Gasteiger partial charge in [0.25, 0.3) is 0 Å². The average Bonchev–Trinajstić information content (AvgIpc) is 2.81. The quantitative estimate of drug-likeness (QED) is 0.665. The molecule has 0 fully saturated rings. The molecule has 0 radical (unpaired) electrons. The zero-order chi connectivity index (χ0) is 15.6. The summed E-state index contributed by atoms with van der Waals surface area (Å²) < 4.78 is 10.4. The van der Waals surface area contributed by atoms with E-state index in [2.05, 4.69) is 21.1 Å². The summed E-state index contributed by atoms with van der Waals surface area (Å²) in [6.07, 6.45) is 3.04. The second-order valence-electron chi connectivity index (χ2n) is 4.12. The summed E-state index contributed by atoms with van der Waals surface area (Å²) in [5, 5.41) is 24.2. The molecule has 1 N–H and O–H groups in total. The average molecular weight is 355 g/mol. The molecule has 2 rings (SSSR count). The van der Waals surface area contributed by atoms with Crippen LogP contribution >= 0.6 is 15.9 Å². The van der Waals surface area contributed by atoms with E-state index in [-0.39, 0.29) is 28.6 Å². The molecule has 0 saturated heterocycles. The Morgan fingerprint density at radius 3 is 2.81 bits per heavy atom. The van der Waals surface area contributed by atoms with Gasteiger partial charge in [0, 0.05) is 0 Å². The van der Waals surface area contributed by atoms with Crippen molar-refractivity contribution in [1.29, 1.82) is 0 Å². The van der Waals surface area contributed by atoms with E-state index in [1.54, 1.807) is 18.2 Å². The van der Waals surface area contributed by atoms with Crippen molar-refractivity contribution in [2.24, 2.45) is 0 Å². The molecule has 1 heterocycles. The predicted octanol–water partition coefficient (Wildman–Crippen LogP) is 3.54. The number of nitrogens with zero attached hydrogens (tertiary/aromatic N) is 2. The van der Waals surface area contributed by atoms with E-state index >= 15 is 0 Å². The zero-order valence-corrected chi connectivity index (χ0v) is 12.7. The van der Waals surface area contributed by atoms with E-state index in [0.717, 1.165) is 0 Å². The molecule has 7 nitrogen and oxygen atoms in total. The Hall–Kier alpha value is -2.35. The van der Waals surface area contributed by atoms with Gasteiger partial charge in [-0.1, -0.05) is 11.2 Å². The molecular formula is C13H11BrN2O5. The highest BCUT2D eigenvalue weighted by atomic mass is 79.9. The molecule has 0 atom stereocenters. The van der Waals surface area contributed by atoms with Crippen LogP contribution in [0.2, 0.25) is 0 Å². The van der Waals surface area contributed by atoms with Crippen molar-refractivity contribution in [3.63, 3.8) is 0 Å². The first-order chi connectivity index (χ1) is 9.93. The van der Waals surface area contributed by atoms with Crippen LogP contribution in [0.3, 0.4) is 0 Å². The Morgan fingerprint density at radius 2 is 2.19 bits per heavy atom. The minimum atomic E-state index is -0.543. The number of aromatic hydroxyl groups is 1. The number of phenolic OH excluding ortho intramolecular Hbond substituents is 1. The molecule has 0 aliphatic rings. The van der Waals surface area contributed by atoms with E-state index < -0.39 is 4.92 Å². The number of hydrogen-bond acceptors (Lipinski definition) is 6. The first-order valence-electron chi connectivity index (χ1n) is 5.79. The molecule has 1 aromatic heterocycles. The highest BCUT2D eigenvalue weighted by molar-refractivity contribution is 9.10. The molecular weight excluding hydrogens is 344 g/mol. The molecule has 1 aromatic carbocycles. The lowest BCUT2D eigenvalue weighted by Gasteiger charge is -2.06. The summed E-state index contributed by atoms with van der Waals surface area (Å²) in [5.74, 6) is 0.323. The predicted molar refractivity (Wildman–Crippen MR) is 79.2 cm³/mol. The molecule has 8 heteroatoms. The Balaban J connectivity index is 2.38. The van der Waals surface area contributed by atoms with Crippen molar-refractivity contribution in [2.45, 2.75) is 6.92 Å². The SMILES string of the molecule is COc1cc(C=Cc2onc(C)c2[N+](=O)[O-])cc(Br)c1O. The molecule has 110 valence electrons. The van der Waals surface area contributed by atoms with E-state index in [4.69, 9.17) is 9.26 Å². The topological polar surface area (TPSA) is 98.6 Å². The number of hydrogen-bond donors (Lipinski definition) is 1. The van der Waals surface area contributed by atoms with Crippen LogP contribution < -0.4 is 4.74 Å². The van der Waals surface area contributed by atoms with Crippen LogP contribution in [0, 0.1) is 17.0 Å². The lowest BCUT2D eigenvalue weighted by Crippen LogP contribution is -1.90. The minimum absolute atomic E-state index is 0.0175. The maximum Gasteiger partial charge on any atom is 0.338 e. The van der Waals surface area contributed by atoms with Crippen molar-refractivity contribution in [1.82, 2.24) is 5.16 Å². The van der Waals surface area contributed by atoms with Gasteiger partial charge < -0.3 is 14.4 Å². The van der Waals surface area contributed by atoms with Crippen LogP contribution in [0.15, 0.2) is 21.1 Å². The largest absolute Gasteiger partial charge is 0.503 e. The molecule has 2 aromatic rings. The summed E-state index contributed by atoms with van der Waals surface area (Å²) in [7, 11) is 1.43. The second kappa shape index (κ2) is 5.96. The van der Waals surface area contributed by atoms with Crippen LogP contribution in [-0.2, 0) is 0 Å². The van der Waals surface area contributed by atoms with Gasteiger partial charge in [0.1, 0.15) is 0 Å². The fourth-order valence-corrected chi connectivity index (χ4v) is 2.19. The van der Waals surface area contributed by atoms with Crippen molar-refractivity contribution in [2.75, 3.05) is 7.11 Å². The van der Waals surface area contributed by atoms with Gasteiger partial charge in [-0.25, -0.2) is 0 Å². The summed E-state index contributed by atoms with van der Waals surface area (Å²) in [6.45, 7) is 1.50. The van der Waals surface area contributed by atoms with Gasteiger partial charge in [0.05, 0.1) is 16.5 Å².